The minimum Gasteiger partial charge on any atom is -0.508 e. The molecule has 1 amide bonds. The summed E-state index contributed by atoms with van der Waals surface area (Å²) in [6.45, 7) is 2.06. The summed E-state index contributed by atoms with van der Waals surface area (Å²) in [6.07, 6.45) is 0.551. The highest BCUT2D eigenvalue weighted by Gasteiger charge is 2.13. The molecule has 3 N–H and O–H groups in total. The highest BCUT2D eigenvalue weighted by molar-refractivity contribution is 5.94. The number of carbonyl (C=O) groups excluding carboxylic acids is 1. The van der Waals surface area contributed by atoms with Gasteiger partial charge in [0.15, 0.2) is 0 Å². The Kier molecular flexibility index (Phi) is 5.61. The number of aliphatic hydroxyl groups is 1. The highest BCUT2D eigenvalue weighted by Crippen LogP contribution is 2.16. The molecule has 5 heteroatoms. The molecule has 1 unspecified atom stereocenters. The van der Waals surface area contributed by atoms with Crippen molar-refractivity contribution in [3.05, 3.63) is 29.3 Å². The molecule has 100 valence electrons. The number of aromatic hydroxyl groups is 1. The van der Waals surface area contributed by atoms with Crippen molar-refractivity contribution in [3.63, 3.8) is 0 Å². The average molecular weight is 253 g/mol. The van der Waals surface area contributed by atoms with Gasteiger partial charge in [-0.3, -0.25) is 4.79 Å². The lowest BCUT2D eigenvalue weighted by Gasteiger charge is -2.16. The maximum absolute atomic E-state index is 11.9. The number of phenols is 1. The molecule has 1 rings (SSSR count). The summed E-state index contributed by atoms with van der Waals surface area (Å²) in [6, 6.07) is 4.30. The number of hydrogen-bond donors (Lipinski definition) is 3. The van der Waals surface area contributed by atoms with Crippen LogP contribution in [0.15, 0.2) is 18.2 Å². The number of carbonyl (C=O) groups is 1. The predicted octanol–water partition coefficient (Wildman–Crippen LogP) is 0.828. The number of phenolic OH excluding ortho intramolecular Hbond substituents is 1. The second-order valence-corrected chi connectivity index (χ2v) is 4.14. The smallest absolute Gasteiger partial charge is 0.251 e. The largest absolute Gasteiger partial charge is 0.508 e. The lowest BCUT2D eigenvalue weighted by molar-refractivity contribution is 0.0894. The number of benzene rings is 1. The second kappa shape index (κ2) is 6.98. The van der Waals surface area contributed by atoms with Crippen LogP contribution in [0.4, 0.5) is 0 Å². The normalized spacial score (nSPS) is 12.2. The van der Waals surface area contributed by atoms with Crippen molar-refractivity contribution in [2.45, 2.75) is 19.4 Å². The van der Waals surface area contributed by atoms with Crippen molar-refractivity contribution in [1.82, 2.24) is 5.32 Å². The first kappa shape index (κ1) is 14.5. The number of rotatable bonds is 6. The maximum atomic E-state index is 11.9. The van der Waals surface area contributed by atoms with Gasteiger partial charge in [-0.05, 0) is 37.1 Å². The summed E-state index contributed by atoms with van der Waals surface area (Å²) in [4.78, 5) is 11.9. The third-order valence-electron chi connectivity index (χ3n) is 2.69. The van der Waals surface area contributed by atoms with Crippen LogP contribution < -0.4 is 5.32 Å². The SMILES string of the molecule is COCCC(CO)NC(=O)c1ccc(O)c(C)c1. The van der Waals surface area contributed by atoms with Gasteiger partial charge in [-0.1, -0.05) is 0 Å². The van der Waals surface area contributed by atoms with Gasteiger partial charge in [0, 0.05) is 19.3 Å². The Morgan fingerprint density at radius 3 is 2.78 bits per heavy atom. The zero-order chi connectivity index (χ0) is 13.5. The Morgan fingerprint density at radius 1 is 1.50 bits per heavy atom. The van der Waals surface area contributed by atoms with Gasteiger partial charge >= 0.3 is 0 Å². The standard InChI is InChI=1S/C13H19NO4/c1-9-7-10(3-4-12(9)16)13(17)14-11(8-15)5-6-18-2/h3-4,7,11,15-16H,5-6,8H2,1-2H3,(H,14,17). The Morgan fingerprint density at radius 2 is 2.22 bits per heavy atom. The van der Waals surface area contributed by atoms with Crippen LogP contribution in [0.3, 0.4) is 0 Å². The molecule has 0 saturated carbocycles. The van der Waals surface area contributed by atoms with Gasteiger partial charge in [-0.2, -0.15) is 0 Å². The number of nitrogens with one attached hydrogen (secondary N) is 1. The van der Waals surface area contributed by atoms with E-state index in [1.165, 1.54) is 6.07 Å². The van der Waals surface area contributed by atoms with E-state index >= 15 is 0 Å². The molecule has 0 radical (unpaired) electrons. The molecule has 18 heavy (non-hydrogen) atoms. The molecule has 0 heterocycles. The summed E-state index contributed by atoms with van der Waals surface area (Å²) in [7, 11) is 1.57. The first-order chi connectivity index (χ1) is 8.58. The van der Waals surface area contributed by atoms with Crippen LogP contribution in [0.2, 0.25) is 0 Å². The van der Waals surface area contributed by atoms with Crippen LogP contribution >= 0.6 is 0 Å². The number of hydrogen-bond acceptors (Lipinski definition) is 4. The Hall–Kier alpha value is -1.59. The van der Waals surface area contributed by atoms with E-state index in [0.717, 1.165) is 0 Å². The van der Waals surface area contributed by atoms with Crippen LogP contribution in [-0.4, -0.2) is 42.5 Å². The number of methoxy groups -OCH3 is 1. The Bertz CT molecular complexity index is 406. The van der Waals surface area contributed by atoms with Gasteiger partial charge < -0.3 is 20.3 Å². The fraction of sp³-hybridized carbons (Fsp3) is 0.462. The molecule has 5 nitrogen and oxygen atoms in total. The molecular formula is C13H19NO4. The van der Waals surface area contributed by atoms with E-state index in [9.17, 15) is 9.90 Å². The topological polar surface area (TPSA) is 78.8 Å². The van der Waals surface area contributed by atoms with E-state index in [2.05, 4.69) is 5.32 Å². The van der Waals surface area contributed by atoms with Gasteiger partial charge in [0.05, 0.1) is 12.6 Å². The van der Waals surface area contributed by atoms with E-state index in [1.807, 2.05) is 0 Å². The van der Waals surface area contributed by atoms with Gasteiger partial charge in [-0.25, -0.2) is 0 Å². The van der Waals surface area contributed by atoms with Crippen molar-refractivity contribution < 1.29 is 19.7 Å². The van der Waals surface area contributed by atoms with E-state index in [4.69, 9.17) is 9.84 Å². The number of aryl methyl sites for hydroxylation is 1. The van der Waals surface area contributed by atoms with Crippen LogP contribution in [0.5, 0.6) is 5.75 Å². The zero-order valence-electron chi connectivity index (χ0n) is 10.6. The van der Waals surface area contributed by atoms with E-state index < -0.39 is 0 Å². The molecule has 0 aliphatic heterocycles. The lowest BCUT2D eigenvalue weighted by Crippen LogP contribution is -2.38. The fourth-order valence-electron chi connectivity index (χ4n) is 1.53. The third-order valence-corrected chi connectivity index (χ3v) is 2.69. The molecule has 0 aliphatic rings. The number of aliphatic hydroxyl groups excluding tert-OH is 1. The minimum atomic E-state index is -0.327. The first-order valence-electron chi connectivity index (χ1n) is 5.78. The van der Waals surface area contributed by atoms with E-state index in [-0.39, 0.29) is 24.3 Å². The maximum Gasteiger partial charge on any atom is 0.251 e. The second-order valence-electron chi connectivity index (χ2n) is 4.14. The van der Waals surface area contributed by atoms with Crippen LogP contribution in [0.1, 0.15) is 22.3 Å². The summed E-state index contributed by atoms with van der Waals surface area (Å²) in [5, 5.41) is 21.2. The Balaban J connectivity index is 2.65. The third kappa shape index (κ3) is 4.01. The number of amides is 1. The van der Waals surface area contributed by atoms with Crippen molar-refractivity contribution in [2.24, 2.45) is 0 Å². The lowest BCUT2D eigenvalue weighted by atomic mass is 10.1. The quantitative estimate of drug-likeness (QED) is 0.701. The minimum absolute atomic E-state index is 0.133. The van der Waals surface area contributed by atoms with E-state index in [1.54, 1.807) is 26.2 Å². The predicted molar refractivity (Wildman–Crippen MR) is 67.7 cm³/mol. The molecule has 1 aromatic carbocycles. The average Bonchev–Trinajstić information content (AvgIpc) is 2.37. The van der Waals surface area contributed by atoms with Crippen LogP contribution in [-0.2, 0) is 4.74 Å². The van der Waals surface area contributed by atoms with Gasteiger partial charge in [0.25, 0.3) is 5.91 Å². The zero-order valence-corrected chi connectivity index (χ0v) is 10.6. The molecule has 0 fully saturated rings. The summed E-state index contributed by atoms with van der Waals surface area (Å²) in [5.41, 5.74) is 1.10. The molecule has 0 spiro atoms. The van der Waals surface area contributed by atoms with Crippen molar-refractivity contribution in [3.8, 4) is 5.75 Å². The van der Waals surface area contributed by atoms with Gasteiger partial charge in [0.2, 0.25) is 0 Å². The molecule has 1 aromatic rings. The summed E-state index contributed by atoms with van der Waals surface area (Å²) in [5.74, 6) is -0.113. The van der Waals surface area contributed by atoms with Crippen molar-refractivity contribution >= 4 is 5.91 Å². The number of ether oxygens (including phenoxy) is 1. The molecule has 1 atom stereocenters. The fourth-order valence-corrected chi connectivity index (χ4v) is 1.53. The highest BCUT2D eigenvalue weighted by atomic mass is 16.5. The van der Waals surface area contributed by atoms with Crippen LogP contribution in [0, 0.1) is 6.92 Å². The van der Waals surface area contributed by atoms with E-state index in [0.29, 0.717) is 24.2 Å². The summed E-state index contributed by atoms with van der Waals surface area (Å²) >= 11 is 0. The molecule has 0 bridgehead atoms. The van der Waals surface area contributed by atoms with Gasteiger partial charge in [-0.15, -0.1) is 0 Å². The van der Waals surface area contributed by atoms with Gasteiger partial charge in [0.1, 0.15) is 5.75 Å². The molecule has 0 aromatic heterocycles. The summed E-state index contributed by atoms with van der Waals surface area (Å²) < 4.78 is 4.90. The molecule has 0 aliphatic carbocycles. The molecule has 0 saturated heterocycles. The molecular weight excluding hydrogens is 234 g/mol. The van der Waals surface area contributed by atoms with Crippen LogP contribution in [0.25, 0.3) is 0 Å². The van der Waals surface area contributed by atoms with Crippen molar-refractivity contribution in [1.29, 1.82) is 0 Å². The Labute approximate surface area is 106 Å². The first-order valence-corrected chi connectivity index (χ1v) is 5.78. The van der Waals surface area contributed by atoms with Crippen molar-refractivity contribution in [2.75, 3.05) is 20.3 Å². The monoisotopic (exact) mass is 253 g/mol.